The molecule has 0 radical (unpaired) electrons. The van der Waals surface area contributed by atoms with E-state index in [1.54, 1.807) is 4.90 Å². The highest BCUT2D eigenvalue weighted by Crippen LogP contribution is 2.26. The van der Waals surface area contributed by atoms with Gasteiger partial charge in [0.2, 0.25) is 5.82 Å². The third-order valence-corrected chi connectivity index (χ3v) is 2.37. The minimum Gasteiger partial charge on any atom is -0.478 e. The van der Waals surface area contributed by atoms with Crippen molar-refractivity contribution in [1.82, 2.24) is 4.98 Å². The van der Waals surface area contributed by atoms with Crippen molar-refractivity contribution in [3.05, 3.63) is 27.9 Å². The molecule has 0 aliphatic carbocycles. The molecule has 0 aromatic carbocycles. The second kappa shape index (κ2) is 6.35. The van der Waals surface area contributed by atoms with Crippen LogP contribution in [-0.4, -0.2) is 34.1 Å². The lowest BCUT2D eigenvalue weighted by Gasteiger charge is -2.20. The van der Waals surface area contributed by atoms with Crippen LogP contribution < -0.4 is 4.90 Å². The zero-order valence-corrected chi connectivity index (χ0v) is 10.4. The lowest BCUT2D eigenvalue weighted by molar-refractivity contribution is -0.384. The van der Waals surface area contributed by atoms with Crippen LogP contribution >= 0.6 is 0 Å². The van der Waals surface area contributed by atoms with Crippen molar-refractivity contribution in [3.8, 4) is 12.3 Å². The number of nitrogens with zero attached hydrogens (tertiary/aromatic N) is 3. The van der Waals surface area contributed by atoms with Crippen LogP contribution in [0.2, 0.25) is 0 Å². The maximum absolute atomic E-state index is 11.0. The summed E-state index contributed by atoms with van der Waals surface area (Å²) in [6, 6.07) is 0.990. The number of carbonyl (C=O) groups is 1. The van der Waals surface area contributed by atoms with Gasteiger partial charge in [0.15, 0.2) is 0 Å². The molecule has 0 saturated heterocycles. The quantitative estimate of drug-likeness (QED) is 0.475. The Morgan fingerprint density at radius 3 is 2.84 bits per heavy atom. The summed E-state index contributed by atoms with van der Waals surface area (Å²) in [4.78, 5) is 26.6. The number of nitro groups is 1. The van der Waals surface area contributed by atoms with Crippen LogP contribution in [0.5, 0.6) is 0 Å². The van der Waals surface area contributed by atoms with E-state index in [4.69, 9.17) is 11.5 Å². The fourth-order valence-electron chi connectivity index (χ4n) is 1.58. The van der Waals surface area contributed by atoms with Gasteiger partial charge >= 0.3 is 11.7 Å². The molecule has 0 bridgehead atoms. The summed E-state index contributed by atoms with van der Waals surface area (Å²) >= 11 is 0. The number of aromatic nitrogens is 1. The molecule has 7 heteroatoms. The van der Waals surface area contributed by atoms with Gasteiger partial charge in [-0.2, -0.15) is 0 Å². The maximum Gasteiger partial charge on any atom is 0.337 e. The van der Waals surface area contributed by atoms with Crippen LogP contribution in [0.3, 0.4) is 0 Å². The minimum absolute atomic E-state index is 0.0924. The van der Waals surface area contributed by atoms with Gasteiger partial charge in [-0.3, -0.25) is 10.1 Å². The first-order valence-electron chi connectivity index (χ1n) is 5.57. The van der Waals surface area contributed by atoms with E-state index in [2.05, 4.69) is 10.9 Å². The lowest BCUT2D eigenvalue weighted by Crippen LogP contribution is -2.26. The Kier molecular flexibility index (Phi) is 4.83. The van der Waals surface area contributed by atoms with E-state index in [0.29, 0.717) is 6.54 Å². The molecule has 0 aliphatic rings. The summed E-state index contributed by atoms with van der Waals surface area (Å²) in [5, 5.41) is 19.8. The number of pyridine rings is 1. The fourth-order valence-corrected chi connectivity index (χ4v) is 1.58. The van der Waals surface area contributed by atoms with E-state index in [1.165, 1.54) is 0 Å². The summed E-state index contributed by atoms with van der Waals surface area (Å²) < 4.78 is 0. The zero-order chi connectivity index (χ0) is 14.4. The Hall–Kier alpha value is -2.62. The van der Waals surface area contributed by atoms with E-state index in [1.807, 2.05) is 6.92 Å². The largest absolute Gasteiger partial charge is 0.478 e. The number of rotatable bonds is 6. The molecule has 0 fully saturated rings. The summed E-state index contributed by atoms with van der Waals surface area (Å²) in [5.41, 5.74) is -0.587. The number of carboxylic acid groups (broad SMARTS) is 1. The van der Waals surface area contributed by atoms with Gasteiger partial charge in [-0.05, 0) is 6.42 Å². The SMILES string of the molecule is C#CCN(CCC)c1ncc(C(=O)O)cc1[N+](=O)[O-]. The Labute approximate surface area is 110 Å². The van der Waals surface area contributed by atoms with Crippen molar-refractivity contribution in [3.63, 3.8) is 0 Å². The van der Waals surface area contributed by atoms with Crippen LogP contribution in [0.15, 0.2) is 12.3 Å². The van der Waals surface area contributed by atoms with Gasteiger partial charge in [-0.25, -0.2) is 9.78 Å². The summed E-state index contributed by atoms with van der Waals surface area (Å²) in [6.07, 6.45) is 7.04. The van der Waals surface area contributed by atoms with Gasteiger partial charge in [-0.1, -0.05) is 12.8 Å². The molecule has 19 heavy (non-hydrogen) atoms. The monoisotopic (exact) mass is 263 g/mol. The van der Waals surface area contributed by atoms with Crippen LogP contribution in [0.25, 0.3) is 0 Å². The third kappa shape index (κ3) is 3.42. The van der Waals surface area contributed by atoms with Crippen LogP contribution in [0.4, 0.5) is 11.5 Å². The molecule has 1 N–H and O–H groups in total. The first kappa shape index (κ1) is 14.4. The van der Waals surface area contributed by atoms with Gasteiger partial charge in [0.1, 0.15) is 0 Å². The minimum atomic E-state index is -1.26. The van der Waals surface area contributed by atoms with Crippen molar-refractivity contribution in [2.45, 2.75) is 13.3 Å². The highest BCUT2D eigenvalue weighted by Gasteiger charge is 2.22. The molecule has 0 unspecified atom stereocenters. The van der Waals surface area contributed by atoms with Crippen molar-refractivity contribution in [2.24, 2.45) is 0 Å². The first-order chi connectivity index (χ1) is 9.01. The van der Waals surface area contributed by atoms with E-state index >= 15 is 0 Å². The Bertz CT molecular complexity index is 536. The molecule has 0 aliphatic heterocycles. The van der Waals surface area contributed by atoms with E-state index < -0.39 is 10.9 Å². The first-order valence-corrected chi connectivity index (χ1v) is 5.57. The van der Waals surface area contributed by atoms with Crippen LogP contribution in [-0.2, 0) is 0 Å². The number of terminal acetylenes is 1. The van der Waals surface area contributed by atoms with Gasteiger partial charge in [-0.15, -0.1) is 6.42 Å². The number of aromatic carboxylic acids is 1. The van der Waals surface area contributed by atoms with Crippen molar-refractivity contribution in [2.75, 3.05) is 18.0 Å². The lowest BCUT2D eigenvalue weighted by atomic mass is 10.2. The number of carboxylic acids is 1. The highest BCUT2D eigenvalue weighted by molar-refractivity contribution is 5.88. The van der Waals surface area contributed by atoms with Crippen LogP contribution in [0, 0.1) is 22.5 Å². The number of anilines is 1. The third-order valence-electron chi connectivity index (χ3n) is 2.37. The van der Waals surface area contributed by atoms with E-state index in [0.717, 1.165) is 18.7 Å². The standard InChI is InChI=1S/C12H13N3O4/c1-3-5-14(6-4-2)11-10(15(18)19)7-9(8-13-11)12(16)17/h1,7-8H,4-6H2,2H3,(H,16,17). The highest BCUT2D eigenvalue weighted by atomic mass is 16.6. The van der Waals surface area contributed by atoms with Gasteiger partial charge in [0, 0.05) is 18.8 Å². The molecule has 0 amide bonds. The molecule has 0 atom stereocenters. The van der Waals surface area contributed by atoms with E-state index in [9.17, 15) is 14.9 Å². The Balaban J connectivity index is 3.29. The second-order valence-corrected chi connectivity index (χ2v) is 3.75. The Morgan fingerprint density at radius 1 is 1.68 bits per heavy atom. The molecule has 7 nitrogen and oxygen atoms in total. The van der Waals surface area contributed by atoms with Gasteiger partial charge < -0.3 is 10.0 Å². The van der Waals surface area contributed by atoms with Gasteiger partial charge in [0.25, 0.3) is 0 Å². The molecule has 1 heterocycles. The second-order valence-electron chi connectivity index (χ2n) is 3.75. The maximum atomic E-state index is 11.0. The predicted molar refractivity (Wildman–Crippen MR) is 69.2 cm³/mol. The number of hydrogen-bond donors (Lipinski definition) is 1. The van der Waals surface area contributed by atoms with Crippen LogP contribution in [0.1, 0.15) is 23.7 Å². The summed E-state index contributed by atoms with van der Waals surface area (Å²) in [5.74, 6) is 1.23. The summed E-state index contributed by atoms with van der Waals surface area (Å²) in [7, 11) is 0. The predicted octanol–water partition coefficient (Wildman–Crippen LogP) is 1.54. The molecule has 1 rings (SSSR count). The van der Waals surface area contributed by atoms with Crippen molar-refractivity contribution >= 4 is 17.5 Å². The molecule has 0 spiro atoms. The molecule has 1 aromatic heterocycles. The zero-order valence-electron chi connectivity index (χ0n) is 10.4. The molecular formula is C12H13N3O4. The molecular weight excluding hydrogens is 250 g/mol. The average molecular weight is 263 g/mol. The molecule has 0 saturated carbocycles. The van der Waals surface area contributed by atoms with Crippen molar-refractivity contribution < 1.29 is 14.8 Å². The smallest absolute Gasteiger partial charge is 0.337 e. The van der Waals surface area contributed by atoms with Gasteiger partial charge in [0.05, 0.1) is 17.0 Å². The number of hydrogen-bond acceptors (Lipinski definition) is 5. The van der Waals surface area contributed by atoms with E-state index in [-0.39, 0.29) is 23.6 Å². The average Bonchev–Trinajstić information content (AvgIpc) is 2.37. The molecule has 100 valence electrons. The summed E-state index contributed by atoms with van der Waals surface area (Å²) in [6.45, 7) is 2.58. The fraction of sp³-hybridized carbons (Fsp3) is 0.333. The normalized spacial score (nSPS) is 9.68. The molecule has 1 aromatic rings. The van der Waals surface area contributed by atoms with Crippen molar-refractivity contribution in [1.29, 1.82) is 0 Å². The Morgan fingerprint density at radius 2 is 2.37 bits per heavy atom. The topological polar surface area (TPSA) is 96.6 Å².